The molecule has 0 radical (unpaired) electrons. The van der Waals surface area contributed by atoms with Crippen molar-refractivity contribution in [1.82, 2.24) is 25.2 Å². The summed E-state index contributed by atoms with van der Waals surface area (Å²) in [5.41, 5.74) is 3.78. The van der Waals surface area contributed by atoms with Crippen molar-refractivity contribution in [2.45, 2.75) is 23.6 Å². The molecule has 1 amide bonds. The molecule has 1 N–H and O–H groups in total. The Kier molecular flexibility index (Phi) is 5.50. The Labute approximate surface area is 174 Å². The Morgan fingerprint density at radius 3 is 2.79 bits per heavy atom. The summed E-state index contributed by atoms with van der Waals surface area (Å²) in [7, 11) is 0. The Bertz CT molecular complexity index is 1210. The van der Waals surface area contributed by atoms with Crippen LogP contribution in [0.15, 0.2) is 46.8 Å². The summed E-state index contributed by atoms with van der Waals surface area (Å²) in [6.07, 6.45) is 0. The molecular weight excluding hydrogens is 406 g/mol. The summed E-state index contributed by atoms with van der Waals surface area (Å²) in [6.45, 7) is 2.71. The first kappa shape index (κ1) is 19.0. The van der Waals surface area contributed by atoms with Gasteiger partial charge in [-0.15, -0.1) is 15.3 Å². The zero-order chi connectivity index (χ0) is 20.2. The van der Waals surface area contributed by atoms with Crippen LogP contribution in [0.4, 0.5) is 5.13 Å². The molecule has 0 saturated heterocycles. The van der Waals surface area contributed by atoms with Gasteiger partial charge >= 0.3 is 0 Å². The molecule has 2 aromatic carbocycles. The van der Waals surface area contributed by atoms with Gasteiger partial charge in [0.05, 0.1) is 17.1 Å². The molecule has 2 aromatic heterocycles. The minimum absolute atomic E-state index is 0.266. The average Bonchev–Trinajstić information content (AvgIpc) is 3.38. The number of thioether (sulfide) groups is 1. The van der Waals surface area contributed by atoms with Crippen LogP contribution in [0, 0.1) is 11.3 Å². The summed E-state index contributed by atoms with van der Waals surface area (Å²) in [6, 6.07) is 14.8. The highest BCUT2D eigenvalue weighted by molar-refractivity contribution is 8.00. The molecule has 0 fully saturated rings. The number of rotatable bonds is 6. The van der Waals surface area contributed by atoms with Gasteiger partial charge in [-0.2, -0.15) is 5.26 Å². The largest absolute Gasteiger partial charge is 0.296 e. The first-order chi connectivity index (χ1) is 14.2. The lowest BCUT2D eigenvalue weighted by atomic mass is 10.2. The fraction of sp³-hybridized carbons (Fsp3) is 0.158. The molecule has 0 spiro atoms. The van der Waals surface area contributed by atoms with Gasteiger partial charge in [-0.05, 0) is 42.8 Å². The number of aromatic nitrogens is 5. The topological polar surface area (TPSA) is 109 Å². The molecule has 8 nitrogen and oxygen atoms in total. The number of nitrogens with zero attached hydrogens (tertiary/aromatic N) is 6. The lowest BCUT2D eigenvalue weighted by molar-refractivity contribution is 0.102. The van der Waals surface area contributed by atoms with Gasteiger partial charge in [-0.25, -0.2) is 4.68 Å². The van der Waals surface area contributed by atoms with Crippen molar-refractivity contribution in [3.8, 4) is 6.07 Å². The van der Waals surface area contributed by atoms with E-state index in [0.29, 0.717) is 27.5 Å². The van der Waals surface area contributed by atoms with Gasteiger partial charge in [-0.3, -0.25) is 10.1 Å². The van der Waals surface area contributed by atoms with E-state index in [1.807, 2.05) is 25.1 Å². The van der Waals surface area contributed by atoms with Gasteiger partial charge in [0.1, 0.15) is 5.52 Å². The van der Waals surface area contributed by atoms with Crippen LogP contribution in [0.1, 0.15) is 28.4 Å². The fourth-order valence-electron chi connectivity index (χ4n) is 2.66. The molecule has 0 saturated carbocycles. The van der Waals surface area contributed by atoms with Gasteiger partial charge in [0.25, 0.3) is 5.91 Å². The van der Waals surface area contributed by atoms with E-state index in [0.717, 1.165) is 22.0 Å². The molecule has 29 heavy (non-hydrogen) atoms. The van der Waals surface area contributed by atoms with Crippen molar-refractivity contribution in [3.05, 3.63) is 59.2 Å². The number of nitrogens with one attached hydrogen (secondary N) is 1. The lowest BCUT2D eigenvalue weighted by Gasteiger charge is -2.01. The van der Waals surface area contributed by atoms with E-state index in [9.17, 15) is 4.79 Å². The first-order valence-electron chi connectivity index (χ1n) is 8.76. The summed E-state index contributed by atoms with van der Waals surface area (Å²) >= 11 is 2.85. The normalized spacial score (nSPS) is 10.8. The fourth-order valence-corrected chi connectivity index (χ4v) is 4.36. The lowest BCUT2D eigenvalue weighted by Crippen LogP contribution is -2.11. The maximum Gasteiger partial charge on any atom is 0.257 e. The molecule has 4 rings (SSSR count). The third-order valence-corrected chi connectivity index (χ3v) is 6.19. The molecular formula is C19H15N7OS2. The van der Waals surface area contributed by atoms with Gasteiger partial charge < -0.3 is 0 Å². The van der Waals surface area contributed by atoms with Crippen LogP contribution in [-0.2, 0) is 12.3 Å². The van der Waals surface area contributed by atoms with Crippen LogP contribution in [0.2, 0.25) is 0 Å². The monoisotopic (exact) mass is 421 g/mol. The van der Waals surface area contributed by atoms with Crippen molar-refractivity contribution in [1.29, 1.82) is 5.26 Å². The Morgan fingerprint density at radius 1 is 1.21 bits per heavy atom. The summed E-state index contributed by atoms with van der Waals surface area (Å²) in [4.78, 5) is 12.5. The number of hydrogen-bond acceptors (Lipinski definition) is 8. The highest BCUT2D eigenvalue weighted by atomic mass is 32.2. The third kappa shape index (κ3) is 4.26. The Balaban J connectivity index is 1.39. The second-order valence-electron chi connectivity index (χ2n) is 6.03. The Hall–Kier alpha value is -3.29. The minimum Gasteiger partial charge on any atom is -0.296 e. The predicted octanol–water partition coefficient (Wildman–Crippen LogP) is 3.72. The summed E-state index contributed by atoms with van der Waals surface area (Å²) in [5.74, 6) is 0.440. The molecule has 0 bridgehead atoms. The second-order valence-corrected chi connectivity index (χ2v) is 8.23. The maximum absolute atomic E-state index is 12.5. The number of benzene rings is 2. The van der Waals surface area contributed by atoms with Gasteiger partial charge in [0, 0.05) is 17.9 Å². The van der Waals surface area contributed by atoms with Crippen molar-refractivity contribution in [3.63, 3.8) is 0 Å². The van der Waals surface area contributed by atoms with Gasteiger partial charge in [-0.1, -0.05) is 40.4 Å². The van der Waals surface area contributed by atoms with E-state index in [-0.39, 0.29) is 5.91 Å². The quantitative estimate of drug-likeness (QED) is 0.373. The van der Waals surface area contributed by atoms with Crippen molar-refractivity contribution < 1.29 is 4.79 Å². The summed E-state index contributed by atoms with van der Waals surface area (Å²) < 4.78 is 2.53. The molecule has 0 unspecified atom stereocenters. The van der Waals surface area contributed by atoms with E-state index in [1.165, 1.54) is 23.1 Å². The standard InChI is InChI=1S/C19H15N7OS2/c1-2-26-16-8-7-14(9-15(16)22-25-26)17(27)21-18-23-24-19(29-18)28-11-13-5-3-12(10-20)4-6-13/h3-9H,2,11H2,1H3,(H,21,23,27). The SMILES string of the molecule is CCn1nnc2cc(C(=O)Nc3nnc(SCc4ccc(C#N)cc4)s3)ccc21. The van der Waals surface area contributed by atoms with Crippen LogP contribution in [-0.4, -0.2) is 31.1 Å². The average molecular weight is 422 g/mol. The number of nitriles is 1. The molecule has 0 atom stereocenters. The number of carbonyl (C=O) groups excluding carboxylic acids is 1. The summed E-state index contributed by atoms with van der Waals surface area (Å²) in [5, 5.41) is 28.4. The van der Waals surface area contributed by atoms with E-state index in [4.69, 9.17) is 5.26 Å². The maximum atomic E-state index is 12.5. The number of amides is 1. The molecule has 144 valence electrons. The predicted molar refractivity (Wildman–Crippen MR) is 112 cm³/mol. The number of anilines is 1. The van der Waals surface area contributed by atoms with E-state index in [1.54, 1.807) is 28.9 Å². The highest BCUT2D eigenvalue weighted by Crippen LogP contribution is 2.28. The van der Waals surface area contributed by atoms with E-state index >= 15 is 0 Å². The zero-order valence-electron chi connectivity index (χ0n) is 15.4. The van der Waals surface area contributed by atoms with Crippen LogP contribution in [0.3, 0.4) is 0 Å². The van der Waals surface area contributed by atoms with Crippen molar-refractivity contribution >= 4 is 45.2 Å². The van der Waals surface area contributed by atoms with Gasteiger partial charge in [0.2, 0.25) is 5.13 Å². The van der Waals surface area contributed by atoms with Crippen LogP contribution < -0.4 is 5.32 Å². The van der Waals surface area contributed by atoms with Crippen molar-refractivity contribution in [2.24, 2.45) is 0 Å². The number of fused-ring (bicyclic) bond motifs is 1. The molecule has 2 heterocycles. The molecule has 0 aliphatic rings. The molecule has 10 heteroatoms. The van der Waals surface area contributed by atoms with Gasteiger partial charge in [0.15, 0.2) is 4.34 Å². The number of hydrogen-bond donors (Lipinski definition) is 1. The Morgan fingerprint density at radius 2 is 2.03 bits per heavy atom. The third-order valence-electron chi connectivity index (χ3n) is 4.15. The molecule has 0 aliphatic heterocycles. The van der Waals surface area contributed by atoms with Crippen molar-refractivity contribution in [2.75, 3.05) is 5.32 Å². The first-order valence-corrected chi connectivity index (χ1v) is 10.6. The molecule has 4 aromatic rings. The van der Waals surface area contributed by atoms with Crippen LogP contribution in [0.5, 0.6) is 0 Å². The van der Waals surface area contributed by atoms with E-state index in [2.05, 4.69) is 31.9 Å². The number of aryl methyl sites for hydroxylation is 1. The molecule has 0 aliphatic carbocycles. The zero-order valence-corrected chi connectivity index (χ0v) is 17.0. The minimum atomic E-state index is -0.266. The second kappa shape index (κ2) is 8.38. The smallest absolute Gasteiger partial charge is 0.257 e. The van der Waals surface area contributed by atoms with Crippen LogP contribution >= 0.6 is 23.1 Å². The number of carbonyl (C=O) groups is 1. The highest BCUT2D eigenvalue weighted by Gasteiger charge is 2.13. The van der Waals surface area contributed by atoms with Crippen LogP contribution in [0.25, 0.3) is 11.0 Å². The van der Waals surface area contributed by atoms with E-state index < -0.39 is 0 Å².